The molecule has 0 radical (unpaired) electrons. The van der Waals surface area contributed by atoms with Crippen molar-refractivity contribution >= 4 is 34.7 Å². The van der Waals surface area contributed by atoms with Crippen LogP contribution in [0.2, 0.25) is 0 Å². The van der Waals surface area contributed by atoms with Gasteiger partial charge in [0, 0.05) is 11.6 Å². The molecule has 3 rings (SSSR count). The summed E-state index contributed by atoms with van der Waals surface area (Å²) < 4.78 is 5.43. The van der Waals surface area contributed by atoms with E-state index in [2.05, 4.69) is 0 Å². The standard InChI is InChI=1S/C16H12O4S/c1-20-14-6-9-2-3-10(17)7-12(9)13(8-15(18)19)11-4-5-21-16(11)14/h2-8,17H,1H3,(H,18,19)/b13-8-. The first-order chi connectivity index (χ1) is 10.1. The Hall–Kier alpha value is -2.53. The van der Waals surface area contributed by atoms with E-state index in [1.807, 2.05) is 17.5 Å². The zero-order valence-corrected chi connectivity index (χ0v) is 12.0. The van der Waals surface area contributed by atoms with Gasteiger partial charge in [-0.2, -0.15) is 0 Å². The number of aromatic hydroxyl groups is 1. The normalized spacial score (nSPS) is 14.9. The Balaban J connectivity index is 2.37. The second kappa shape index (κ2) is 5.10. The van der Waals surface area contributed by atoms with Gasteiger partial charge >= 0.3 is 5.97 Å². The molecule has 2 N–H and O–H groups in total. The molecule has 106 valence electrons. The van der Waals surface area contributed by atoms with Gasteiger partial charge in [-0.05, 0) is 46.4 Å². The molecule has 0 amide bonds. The number of carbonyl (C=O) groups is 1. The van der Waals surface area contributed by atoms with Gasteiger partial charge in [-0.15, -0.1) is 11.3 Å². The van der Waals surface area contributed by atoms with E-state index in [1.165, 1.54) is 11.3 Å². The number of phenols is 1. The van der Waals surface area contributed by atoms with Crippen LogP contribution in [0.15, 0.2) is 35.7 Å². The first-order valence-corrected chi connectivity index (χ1v) is 7.10. The van der Waals surface area contributed by atoms with E-state index in [4.69, 9.17) is 9.84 Å². The number of aliphatic carboxylic acids is 1. The third-order valence-corrected chi connectivity index (χ3v) is 4.21. The van der Waals surface area contributed by atoms with Crippen molar-refractivity contribution in [3.05, 3.63) is 57.3 Å². The van der Waals surface area contributed by atoms with Gasteiger partial charge < -0.3 is 14.9 Å². The number of carboxylic acid groups (broad SMARTS) is 1. The summed E-state index contributed by atoms with van der Waals surface area (Å²) in [6.45, 7) is 0. The van der Waals surface area contributed by atoms with Crippen LogP contribution in [0.3, 0.4) is 0 Å². The minimum Gasteiger partial charge on any atom is -0.508 e. The van der Waals surface area contributed by atoms with E-state index in [0.717, 1.165) is 22.1 Å². The number of ether oxygens (including phenoxy) is 1. The highest BCUT2D eigenvalue weighted by molar-refractivity contribution is 7.11. The molecule has 21 heavy (non-hydrogen) atoms. The summed E-state index contributed by atoms with van der Waals surface area (Å²) in [5, 5.41) is 20.8. The van der Waals surface area contributed by atoms with Crippen molar-refractivity contribution in [3.8, 4) is 5.75 Å². The van der Waals surface area contributed by atoms with Gasteiger partial charge in [0.1, 0.15) is 11.5 Å². The zero-order chi connectivity index (χ0) is 15.0. The molecule has 0 saturated carbocycles. The van der Waals surface area contributed by atoms with Gasteiger partial charge in [-0.3, -0.25) is 0 Å². The summed E-state index contributed by atoms with van der Waals surface area (Å²) >= 11 is 1.49. The van der Waals surface area contributed by atoms with Crippen LogP contribution in [0.1, 0.15) is 21.6 Å². The molecular weight excluding hydrogens is 288 g/mol. The lowest BCUT2D eigenvalue weighted by Gasteiger charge is -2.09. The van der Waals surface area contributed by atoms with Gasteiger partial charge in [0.05, 0.1) is 12.0 Å². The predicted octanol–water partition coefficient (Wildman–Crippen LogP) is 3.43. The Labute approximate surface area is 125 Å². The van der Waals surface area contributed by atoms with E-state index in [0.29, 0.717) is 16.9 Å². The van der Waals surface area contributed by atoms with Crippen LogP contribution >= 0.6 is 11.3 Å². The molecule has 0 spiro atoms. The van der Waals surface area contributed by atoms with E-state index in [1.54, 1.807) is 25.3 Å². The van der Waals surface area contributed by atoms with Crippen molar-refractivity contribution in [2.75, 3.05) is 7.11 Å². The highest BCUT2D eigenvalue weighted by Gasteiger charge is 2.22. The molecule has 4 nitrogen and oxygen atoms in total. The van der Waals surface area contributed by atoms with Crippen molar-refractivity contribution in [1.29, 1.82) is 0 Å². The number of rotatable bonds is 2. The summed E-state index contributed by atoms with van der Waals surface area (Å²) in [7, 11) is 1.58. The van der Waals surface area contributed by atoms with Crippen LogP contribution in [0.5, 0.6) is 5.75 Å². The fourth-order valence-electron chi connectivity index (χ4n) is 2.40. The first-order valence-electron chi connectivity index (χ1n) is 6.22. The average Bonchev–Trinajstić information content (AvgIpc) is 2.88. The highest BCUT2D eigenvalue weighted by atomic mass is 32.1. The summed E-state index contributed by atoms with van der Waals surface area (Å²) in [4.78, 5) is 12.0. The van der Waals surface area contributed by atoms with Gasteiger partial charge in [0.15, 0.2) is 0 Å². The summed E-state index contributed by atoms with van der Waals surface area (Å²) in [6, 6.07) is 6.75. The van der Waals surface area contributed by atoms with Crippen molar-refractivity contribution in [2.24, 2.45) is 0 Å². The van der Waals surface area contributed by atoms with Gasteiger partial charge in [0.25, 0.3) is 0 Å². The van der Waals surface area contributed by atoms with Crippen molar-refractivity contribution < 1.29 is 19.7 Å². The molecule has 1 aliphatic carbocycles. The second-order valence-corrected chi connectivity index (χ2v) is 5.46. The maximum atomic E-state index is 11.2. The fourth-order valence-corrected chi connectivity index (χ4v) is 3.30. The number of hydrogen-bond acceptors (Lipinski definition) is 4. The van der Waals surface area contributed by atoms with Crippen LogP contribution in [0, 0.1) is 0 Å². The van der Waals surface area contributed by atoms with Crippen LogP contribution in [-0.4, -0.2) is 23.3 Å². The number of methoxy groups -OCH3 is 1. The van der Waals surface area contributed by atoms with Crippen LogP contribution in [-0.2, 0) is 9.53 Å². The maximum Gasteiger partial charge on any atom is 0.328 e. The van der Waals surface area contributed by atoms with Crippen molar-refractivity contribution in [2.45, 2.75) is 0 Å². The minimum atomic E-state index is -1.03. The molecule has 1 aliphatic rings. The SMILES string of the molecule is COC1=Cc2ccc(O)cc2/C(=C\C(=O)O)c2ccsc21. The molecule has 1 aromatic carbocycles. The third kappa shape index (κ3) is 2.32. The minimum absolute atomic E-state index is 0.0936. The lowest BCUT2D eigenvalue weighted by molar-refractivity contribution is -0.131. The Morgan fingerprint density at radius 2 is 2.10 bits per heavy atom. The summed E-state index contributed by atoms with van der Waals surface area (Å²) in [5.74, 6) is -0.255. The summed E-state index contributed by atoms with van der Waals surface area (Å²) in [5.41, 5.74) is 2.83. The van der Waals surface area contributed by atoms with E-state index in [-0.39, 0.29) is 5.75 Å². The van der Waals surface area contributed by atoms with E-state index >= 15 is 0 Å². The number of carboxylic acids is 1. The number of fused-ring (bicyclic) bond motifs is 2. The van der Waals surface area contributed by atoms with Crippen molar-refractivity contribution in [3.63, 3.8) is 0 Å². The quantitative estimate of drug-likeness (QED) is 0.834. The first kappa shape index (κ1) is 13.5. The molecule has 2 aromatic rings. The molecule has 1 aromatic heterocycles. The molecule has 0 fully saturated rings. The van der Waals surface area contributed by atoms with E-state index in [9.17, 15) is 9.90 Å². The molecule has 0 atom stereocenters. The number of hydrogen-bond donors (Lipinski definition) is 2. The monoisotopic (exact) mass is 300 g/mol. The molecule has 0 aliphatic heterocycles. The predicted molar refractivity (Wildman–Crippen MR) is 82.0 cm³/mol. The van der Waals surface area contributed by atoms with Gasteiger partial charge in [-0.1, -0.05) is 6.07 Å². The Kier molecular flexibility index (Phi) is 3.27. The van der Waals surface area contributed by atoms with Gasteiger partial charge in [0.2, 0.25) is 0 Å². The van der Waals surface area contributed by atoms with Crippen LogP contribution in [0.25, 0.3) is 17.4 Å². The average molecular weight is 300 g/mol. The molecule has 5 heteroatoms. The van der Waals surface area contributed by atoms with Crippen molar-refractivity contribution in [1.82, 2.24) is 0 Å². The van der Waals surface area contributed by atoms with Crippen LogP contribution < -0.4 is 0 Å². The second-order valence-electron chi connectivity index (χ2n) is 4.54. The number of benzene rings is 1. The lowest BCUT2D eigenvalue weighted by Crippen LogP contribution is -1.96. The summed E-state index contributed by atoms with van der Waals surface area (Å²) in [6.07, 6.45) is 3.02. The molecule has 0 unspecified atom stereocenters. The number of phenolic OH excluding ortho intramolecular Hbond substituents is 1. The third-order valence-electron chi connectivity index (χ3n) is 3.28. The lowest BCUT2D eigenvalue weighted by atomic mass is 9.95. The van der Waals surface area contributed by atoms with E-state index < -0.39 is 5.97 Å². The van der Waals surface area contributed by atoms with Gasteiger partial charge in [-0.25, -0.2) is 4.79 Å². The highest BCUT2D eigenvalue weighted by Crippen LogP contribution is 2.41. The largest absolute Gasteiger partial charge is 0.508 e. The van der Waals surface area contributed by atoms with Crippen LogP contribution in [0.4, 0.5) is 0 Å². The maximum absolute atomic E-state index is 11.2. The Morgan fingerprint density at radius 1 is 1.29 bits per heavy atom. The Bertz CT molecular complexity index is 783. The molecule has 1 heterocycles. The Morgan fingerprint density at radius 3 is 2.81 bits per heavy atom. The fraction of sp³-hybridized carbons (Fsp3) is 0.0625. The molecule has 0 saturated heterocycles. The number of thiophene rings is 1. The smallest absolute Gasteiger partial charge is 0.328 e. The molecule has 0 bridgehead atoms. The molecular formula is C16H12O4S. The zero-order valence-electron chi connectivity index (χ0n) is 11.2. The topological polar surface area (TPSA) is 66.8 Å².